The van der Waals surface area contributed by atoms with Gasteiger partial charge in [0.15, 0.2) is 0 Å². The highest BCUT2D eigenvalue weighted by Gasteiger charge is 2.22. The summed E-state index contributed by atoms with van der Waals surface area (Å²) in [5.74, 6) is 1.75. The Kier molecular flexibility index (Phi) is 5.12. The molecule has 0 saturated heterocycles. The van der Waals surface area contributed by atoms with E-state index in [1.807, 2.05) is 12.3 Å². The number of hydrogen-bond donors (Lipinski definition) is 1. The van der Waals surface area contributed by atoms with Gasteiger partial charge in [-0.05, 0) is 37.2 Å². The molecule has 1 aromatic rings. The SMILES string of the molecule is CC(C)CC1CCCC(NCc2ccncn2)C1. The predicted molar refractivity (Wildman–Crippen MR) is 74.1 cm³/mol. The molecule has 3 heteroatoms. The molecule has 0 aliphatic heterocycles. The number of nitrogens with one attached hydrogen (secondary N) is 1. The van der Waals surface area contributed by atoms with Crippen molar-refractivity contribution in [2.45, 2.75) is 58.5 Å². The number of aromatic nitrogens is 2. The first-order chi connectivity index (χ1) is 8.74. The zero-order valence-electron chi connectivity index (χ0n) is 11.6. The van der Waals surface area contributed by atoms with E-state index in [9.17, 15) is 0 Å². The van der Waals surface area contributed by atoms with Crippen LogP contribution in [0.4, 0.5) is 0 Å². The van der Waals surface area contributed by atoms with Crippen LogP contribution >= 0.6 is 0 Å². The van der Waals surface area contributed by atoms with Crippen molar-refractivity contribution in [1.29, 1.82) is 0 Å². The van der Waals surface area contributed by atoms with Gasteiger partial charge >= 0.3 is 0 Å². The maximum atomic E-state index is 4.26. The van der Waals surface area contributed by atoms with Crippen LogP contribution in [0, 0.1) is 11.8 Å². The lowest BCUT2D eigenvalue weighted by Gasteiger charge is -2.30. The van der Waals surface area contributed by atoms with Gasteiger partial charge in [-0.1, -0.05) is 26.7 Å². The molecule has 18 heavy (non-hydrogen) atoms. The Labute approximate surface area is 110 Å². The summed E-state index contributed by atoms with van der Waals surface area (Å²) in [4.78, 5) is 8.20. The number of hydrogen-bond acceptors (Lipinski definition) is 3. The second-order valence-corrected chi connectivity index (χ2v) is 5.94. The standard InChI is InChI=1S/C15H25N3/c1-12(2)8-13-4-3-5-14(9-13)17-10-15-6-7-16-11-18-15/h6-7,11-14,17H,3-5,8-10H2,1-2H3. The molecular formula is C15H25N3. The molecule has 1 aromatic heterocycles. The second kappa shape index (κ2) is 6.83. The lowest BCUT2D eigenvalue weighted by atomic mass is 9.81. The van der Waals surface area contributed by atoms with E-state index in [0.717, 1.165) is 24.1 Å². The van der Waals surface area contributed by atoms with Crippen LogP contribution in [0.15, 0.2) is 18.6 Å². The van der Waals surface area contributed by atoms with Crippen molar-refractivity contribution >= 4 is 0 Å². The normalized spacial score (nSPS) is 24.4. The molecular weight excluding hydrogens is 222 g/mol. The van der Waals surface area contributed by atoms with Gasteiger partial charge in [0.2, 0.25) is 0 Å². The van der Waals surface area contributed by atoms with Crippen LogP contribution in [0.1, 0.15) is 51.6 Å². The zero-order chi connectivity index (χ0) is 12.8. The Morgan fingerprint density at radius 1 is 1.39 bits per heavy atom. The summed E-state index contributed by atoms with van der Waals surface area (Å²) in [5.41, 5.74) is 1.09. The first kappa shape index (κ1) is 13.5. The van der Waals surface area contributed by atoms with Crippen LogP contribution in [0.2, 0.25) is 0 Å². The van der Waals surface area contributed by atoms with E-state index in [0.29, 0.717) is 6.04 Å². The monoisotopic (exact) mass is 247 g/mol. The predicted octanol–water partition coefficient (Wildman–Crippen LogP) is 3.17. The van der Waals surface area contributed by atoms with Crippen LogP contribution in [-0.4, -0.2) is 16.0 Å². The highest BCUT2D eigenvalue weighted by molar-refractivity contribution is 4.97. The lowest BCUT2D eigenvalue weighted by molar-refractivity contribution is 0.251. The summed E-state index contributed by atoms with van der Waals surface area (Å²) < 4.78 is 0. The van der Waals surface area contributed by atoms with Crippen LogP contribution in [0.25, 0.3) is 0 Å². The van der Waals surface area contributed by atoms with E-state index in [1.54, 1.807) is 6.33 Å². The fourth-order valence-electron chi connectivity index (χ4n) is 3.03. The minimum atomic E-state index is 0.678. The van der Waals surface area contributed by atoms with Crippen molar-refractivity contribution in [3.05, 3.63) is 24.3 Å². The Balaban J connectivity index is 1.76. The van der Waals surface area contributed by atoms with E-state index in [-0.39, 0.29) is 0 Å². The molecule has 1 heterocycles. The van der Waals surface area contributed by atoms with Crippen molar-refractivity contribution in [2.24, 2.45) is 11.8 Å². The smallest absolute Gasteiger partial charge is 0.115 e. The van der Waals surface area contributed by atoms with Gasteiger partial charge in [0.05, 0.1) is 5.69 Å². The summed E-state index contributed by atoms with van der Waals surface area (Å²) in [7, 11) is 0. The fraction of sp³-hybridized carbons (Fsp3) is 0.733. The van der Waals surface area contributed by atoms with Crippen molar-refractivity contribution in [3.8, 4) is 0 Å². The maximum absolute atomic E-state index is 4.26. The molecule has 3 nitrogen and oxygen atoms in total. The Bertz CT molecular complexity index is 337. The van der Waals surface area contributed by atoms with Crippen LogP contribution in [0.3, 0.4) is 0 Å². The van der Waals surface area contributed by atoms with Crippen molar-refractivity contribution in [1.82, 2.24) is 15.3 Å². The molecule has 1 saturated carbocycles. The van der Waals surface area contributed by atoms with Crippen LogP contribution in [-0.2, 0) is 6.54 Å². The molecule has 2 rings (SSSR count). The minimum Gasteiger partial charge on any atom is -0.308 e. The molecule has 0 aromatic carbocycles. The Morgan fingerprint density at radius 3 is 3.00 bits per heavy atom. The van der Waals surface area contributed by atoms with E-state index < -0.39 is 0 Å². The summed E-state index contributed by atoms with van der Waals surface area (Å²) in [5, 5.41) is 3.65. The van der Waals surface area contributed by atoms with Gasteiger partial charge in [-0.3, -0.25) is 0 Å². The van der Waals surface area contributed by atoms with Gasteiger partial charge in [0.25, 0.3) is 0 Å². The van der Waals surface area contributed by atoms with E-state index in [2.05, 4.69) is 29.1 Å². The van der Waals surface area contributed by atoms with Gasteiger partial charge < -0.3 is 5.32 Å². The van der Waals surface area contributed by atoms with E-state index in [1.165, 1.54) is 32.1 Å². The van der Waals surface area contributed by atoms with Gasteiger partial charge in [0.1, 0.15) is 6.33 Å². The highest BCUT2D eigenvalue weighted by atomic mass is 14.9. The van der Waals surface area contributed by atoms with Crippen molar-refractivity contribution < 1.29 is 0 Å². The van der Waals surface area contributed by atoms with Gasteiger partial charge in [0, 0.05) is 18.8 Å². The molecule has 0 bridgehead atoms. The van der Waals surface area contributed by atoms with Gasteiger partial charge in [-0.2, -0.15) is 0 Å². The highest BCUT2D eigenvalue weighted by Crippen LogP contribution is 2.29. The summed E-state index contributed by atoms with van der Waals surface area (Å²) >= 11 is 0. The lowest BCUT2D eigenvalue weighted by Crippen LogP contribution is -2.34. The molecule has 0 spiro atoms. The van der Waals surface area contributed by atoms with Crippen LogP contribution in [0.5, 0.6) is 0 Å². The molecule has 1 aliphatic rings. The third-order valence-corrected chi connectivity index (χ3v) is 3.80. The van der Waals surface area contributed by atoms with Crippen molar-refractivity contribution in [3.63, 3.8) is 0 Å². The quantitative estimate of drug-likeness (QED) is 0.868. The molecule has 100 valence electrons. The molecule has 0 radical (unpaired) electrons. The summed E-state index contributed by atoms with van der Waals surface area (Å²) in [6.07, 6.45) is 10.3. The third kappa shape index (κ3) is 4.37. The number of rotatable bonds is 5. The molecule has 1 fully saturated rings. The molecule has 2 unspecified atom stereocenters. The summed E-state index contributed by atoms with van der Waals surface area (Å²) in [6.45, 7) is 5.54. The third-order valence-electron chi connectivity index (χ3n) is 3.80. The topological polar surface area (TPSA) is 37.8 Å². The second-order valence-electron chi connectivity index (χ2n) is 5.94. The Morgan fingerprint density at radius 2 is 2.28 bits per heavy atom. The van der Waals surface area contributed by atoms with Gasteiger partial charge in [-0.15, -0.1) is 0 Å². The molecule has 0 amide bonds. The maximum Gasteiger partial charge on any atom is 0.115 e. The number of nitrogens with zero attached hydrogens (tertiary/aromatic N) is 2. The van der Waals surface area contributed by atoms with E-state index >= 15 is 0 Å². The van der Waals surface area contributed by atoms with Gasteiger partial charge in [-0.25, -0.2) is 9.97 Å². The first-order valence-electron chi connectivity index (χ1n) is 7.22. The van der Waals surface area contributed by atoms with Crippen molar-refractivity contribution in [2.75, 3.05) is 0 Å². The molecule has 1 aliphatic carbocycles. The largest absolute Gasteiger partial charge is 0.308 e. The molecule has 2 atom stereocenters. The average Bonchev–Trinajstić information content (AvgIpc) is 2.37. The summed E-state index contributed by atoms with van der Waals surface area (Å²) in [6, 6.07) is 2.67. The minimum absolute atomic E-state index is 0.678. The van der Waals surface area contributed by atoms with Crippen LogP contribution < -0.4 is 5.32 Å². The Hall–Kier alpha value is -0.960. The average molecular weight is 247 g/mol. The zero-order valence-corrected chi connectivity index (χ0v) is 11.6. The fourth-order valence-corrected chi connectivity index (χ4v) is 3.03. The first-order valence-corrected chi connectivity index (χ1v) is 7.22. The molecule has 1 N–H and O–H groups in total. The van der Waals surface area contributed by atoms with E-state index in [4.69, 9.17) is 0 Å².